The number of piperazine rings is 1. The zero-order chi connectivity index (χ0) is 29.2. The number of nitrogens with zero attached hydrogens (tertiary/aromatic N) is 6. The molecule has 9 heteroatoms. The Hall–Kier alpha value is -3.61. The largest absolute Gasteiger partial charge is 0.476 e. The summed E-state index contributed by atoms with van der Waals surface area (Å²) < 4.78 is 7.49. The number of fused-ring (bicyclic) bond motifs is 2. The fourth-order valence-corrected chi connectivity index (χ4v) is 7.31. The lowest BCUT2D eigenvalue weighted by Gasteiger charge is -2.43. The monoisotopic (exact) mass is 628 g/mol. The Bertz CT molecular complexity index is 1530. The van der Waals surface area contributed by atoms with Crippen LogP contribution in [-0.4, -0.2) is 79.2 Å². The number of pyridine rings is 1. The van der Waals surface area contributed by atoms with E-state index in [2.05, 4.69) is 92.8 Å². The van der Waals surface area contributed by atoms with Crippen molar-refractivity contribution in [2.75, 3.05) is 56.2 Å². The van der Waals surface area contributed by atoms with Crippen LogP contribution in [0, 0.1) is 11.3 Å². The lowest BCUT2D eigenvalue weighted by molar-refractivity contribution is -0.128. The maximum atomic E-state index is 12.5. The first-order valence-corrected chi connectivity index (χ1v) is 15.6. The van der Waals surface area contributed by atoms with Crippen molar-refractivity contribution in [3.05, 3.63) is 70.8 Å². The van der Waals surface area contributed by atoms with Crippen LogP contribution < -0.4 is 14.5 Å². The van der Waals surface area contributed by atoms with Crippen molar-refractivity contribution in [3.63, 3.8) is 0 Å². The standard InChI is InChI=1S/C33H37BrN6O2/c1-3-32(41)40-18-17-39(20-24(40)12-14-35)30-19-31(42-22-25-9-6-15-37(25)2)36-28-21-38(16-13-26(28)30)29-11-5-8-23-7-4-10-27(34)33(23)29/h3-5,7-8,10-11,19,24-25H,1,6,9,12-13,15-18,20-22H2,2H3/t24-,25-/m0/s1. The highest BCUT2D eigenvalue weighted by molar-refractivity contribution is 9.10. The quantitative estimate of drug-likeness (QED) is 0.335. The molecule has 2 fully saturated rings. The van der Waals surface area contributed by atoms with E-state index in [0.29, 0.717) is 44.7 Å². The van der Waals surface area contributed by atoms with Crippen molar-refractivity contribution < 1.29 is 9.53 Å². The van der Waals surface area contributed by atoms with Gasteiger partial charge in [-0.05, 0) is 56.4 Å². The van der Waals surface area contributed by atoms with Gasteiger partial charge in [0.05, 0.1) is 30.8 Å². The van der Waals surface area contributed by atoms with Crippen LogP contribution >= 0.6 is 15.9 Å². The van der Waals surface area contributed by atoms with Crippen LogP contribution in [-0.2, 0) is 17.8 Å². The molecule has 1 aromatic heterocycles. The number of aromatic nitrogens is 1. The van der Waals surface area contributed by atoms with Gasteiger partial charge in [-0.25, -0.2) is 4.98 Å². The average Bonchev–Trinajstić information content (AvgIpc) is 3.43. The van der Waals surface area contributed by atoms with Crippen LogP contribution in [0.15, 0.2) is 59.6 Å². The van der Waals surface area contributed by atoms with Gasteiger partial charge in [0.2, 0.25) is 11.8 Å². The van der Waals surface area contributed by atoms with E-state index >= 15 is 0 Å². The molecular weight excluding hydrogens is 592 g/mol. The van der Waals surface area contributed by atoms with Gasteiger partial charge in [0.25, 0.3) is 0 Å². The Balaban J connectivity index is 1.34. The molecule has 1 amide bonds. The van der Waals surface area contributed by atoms with Crippen LogP contribution in [0.5, 0.6) is 5.88 Å². The van der Waals surface area contributed by atoms with Crippen LogP contribution in [0.1, 0.15) is 30.5 Å². The first-order valence-electron chi connectivity index (χ1n) is 14.8. The molecule has 3 aliphatic heterocycles. The Morgan fingerprint density at radius 1 is 1.14 bits per heavy atom. The smallest absolute Gasteiger partial charge is 0.246 e. The van der Waals surface area contributed by atoms with Crippen molar-refractivity contribution in [1.82, 2.24) is 14.8 Å². The highest BCUT2D eigenvalue weighted by Gasteiger charge is 2.33. The summed E-state index contributed by atoms with van der Waals surface area (Å²) in [5, 5.41) is 12.0. The Morgan fingerprint density at radius 3 is 2.74 bits per heavy atom. The fourth-order valence-electron chi connectivity index (χ4n) is 6.73. The summed E-state index contributed by atoms with van der Waals surface area (Å²) in [6, 6.07) is 17.4. The number of anilines is 2. The maximum absolute atomic E-state index is 12.5. The first-order chi connectivity index (χ1) is 20.5. The maximum Gasteiger partial charge on any atom is 0.246 e. The number of amides is 1. The van der Waals surface area contributed by atoms with Gasteiger partial charge < -0.3 is 24.3 Å². The number of hydrogen-bond acceptors (Lipinski definition) is 7. The molecule has 42 heavy (non-hydrogen) atoms. The summed E-state index contributed by atoms with van der Waals surface area (Å²) in [6.07, 6.45) is 4.80. The van der Waals surface area contributed by atoms with Crippen molar-refractivity contribution in [3.8, 4) is 11.9 Å². The lowest BCUT2D eigenvalue weighted by Crippen LogP contribution is -2.55. The zero-order valence-corrected chi connectivity index (χ0v) is 25.7. The van der Waals surface area contributed by atoms with Gasteiger partial charge in [0.1, 0.15) is 6.61 Å². The van der Waals surface area contributed by atoms with Crippen molar-refractivity contribution in [2.24, 2.45) is 0 Å². The number of hydrogen-bond donors (Lipinski definition) is 0. The number of likely N-dealkylation sites (tertiary alicyclic amines) is 1. The van der Waals surface area contributed by atoms with E-state index in [-0.39, 0.29) is 18.4 Å². The molecule has 3 aliphatic rings. The molecule has 2 saturated heterocycles. The molecule has 0 unspecified atom stereocenters. The Morgan fingerprint density at radius 2 is 1.98 bits per heavy atom. The third-order valence-corrected chi connectivity index (χ3v) is 9.67. The highest BCUT2D eigenvalue weighted by atomic mass is 79.9. The van der Waals surface area contributed by atoms with Crippen molar-refractivity contribution in [2.45, 2.75) is 44.3 Å². The number of benzene rings is 2. The summed E-state index contributed by atoms with van der Waals surface area (Å²) in [5.74, 6) is 0.527. The number of halogens is 1. The second-order valence-corrected chi connectivity index (χ2v) is 12.3. The molecule has 0 saturated carbocycles. The normalized spacial score (nSPS) is 20.8. The second-order valence-electron chi connectivity index (χ2n) is 11.5. The molecule has 2 aromatic carbocycles. The average molecular weight is 630 g/mol. The van der Waals surface area contributed by atoms with E-state index in [9.17, 15) is 10.1 Å². The number of carbonyl (C=O) groups excluding carboxylic acids is 1. The minimum Gasteiger partial charge on any atom is -0.476 e. The summed E-state index contributed by atoms with van der Waals surface area (Å²) in [6.45, 7) is 8.75. The molecule has 3 aromatic rings. The Kier molecular flexibility index (Phi) is 8.36. The molecule has 6 rings (SSSR count). The number of likely N-dealkylation sites (N-methyl/N-ethyl adjacent to an activating group) is 1. The van der Waals surface area contributed by atoms with Crippen molar-refractivity contribution >= 4 is 44.0 Å². The zero-order valence-electron chi connectivity index (χ0n) is 24.1. The van der Waals surface area contributed by atoms with E-state index in [1.165, 1.54) is 34.5 Å². The van der Waals surface area contributed by atoms with Gasteiger partial charge in [-0.3, -0.25) is 4.79 Å². The van der Waals surface area contributed by atoms with Gasteiger partial charge in [-0.15, -0.1) is 0 Å². The van der Waals surface area contributed by atoms with E-state index in [4.69, 9.17) is 9.72 Å². The topological polar surface area (TPSA) is 75.9 Å². The molecule has 8 nitrogen and oxygen atoms in total. The molecule has 0 aliphatic carbocycles. The van der Waals surface area contributed by atoms with Crippen LogP contribution in [0.4, 0.5) is 11.4 Å². The first kappa shape index (κ1) is 28.5. The van der Waals surface area contributed by atoms with Gasteiger partial charge in [0, 0.05) is 65.1 Å². The van der Waals surface area contributed by atoms with Gasteiger partial charge >= 0.3 is 0 Å². The predicted molar refractivity (Wildman–Crippen MR) is 170 cm³/mol. The molecule has 218 valence electrons. The van der Waals surface area contributed by atoms with Gasteiger partial charge in [-0.2, -0.15) is 5.26 Å². The van der Waals surface area contributed by atoms with Crippen LogP contribution in [0.2, 0.25) is 0 Å². The van der Waals surface area contributed by atoms with E-state index < -0.39 is 0 Å². The molecule has 0 spiro atoms. The number of nitriles is 1. The van der Waals surface area contributed by atoms with E-state index in [1.807, 2.05) is 0 Å². The predicted octanol–water partition coefficient (Wildman–Crippen LogP) is 5.15. The molecule has 2 atom stereocenters. The third kappa shape index (κ3) is 5.58. The molecule has 0 bridgehead atoms. The minimum absolute atomic E-state index is 0.117. The molecular formula is C33H37BrN6O2. The molecule has 0 radical (unpaired) electrons. The SMILES string of the molecule is C=CC(=O)N1CCN(c2cc(OC[C@@H]3CCCN3C)nc3c2CCN(c2cccc4cccc(Br)c24)C3)C[C@@H]1CC#N. The minimum atomic E-state index is -0.192. The van der Waals surface area contributed by atoms with E-state index in [1.54, 1.807) is 4.90 Å². The van der Waals surface area contributed by atoms with Crippen LogP contribution in [0.3, 0.4) is 0 Å². The Labute approximate surface area is 256 Å². The molecule has 4 heterocycles. The highest BCUT2D eigenvalue weighted by Crippen LogP contribution is 2.38. The summed E-state index contributed by atoms with van der Waals surface area (Å²) >= 11 is 3.79. The van der Waals surface area contributed by atoms with Gasteiger partial charge in [-0.1, -0.05) is 46.8 Å². The number of ether oxygens (including phenoxy) is 1. The second kappa shape index (κ2) is 12.3. The van der Waals surface area contributed by atoms with Crippen molar-refractivity contribution in [1.29, 1.82) is 5.26 Å². The lowest BCUT2D eigenvalue weighted by atomic mass is 9.98. The summed E-state index contributed by atoms with van der Waals surface area (Å²) in [7, 11) is 2.16. The third-order valence-electron chi connectivity index (χ3n) is 9.01. The number of rotatable bonds is 7. The van der Waals surface area contributed by atoms with Gasteiger partial charge in [0.15, 0.2) is 0 Å². The molecule has 0 N–H and O–H groups in total. The summed E-state index contributed by atoms with van der Waals surface area (Å²) in [4.78, 5) is 26.5. The van der Waals surface area contributed by atoms with E-state index in [0.717, 1.165) is 41.8 Å². The number of carbonyl (C=O) groups is 1. The van der Waals surface area contributed by atoms with Crippen LogP contribution in [0.25, 0.3) is 10.8 Å². The summed E-state index contributed by atoms with van der Waals surface area (Å²) in [5.41, 5.74) is 4.56. The fraction of sp³-hybridized carbons (Fsp3) is 0.424.